The molecule has 0 aliphatic heterocycles. The molecule has 0 radical (unpaired) electrons. The number of carbonyl (C=O) groups excluding carboxylic acids is 2. The van der Waals surface area contributed by atoms with Crippen LogP contribution in [0.2, 0.25) is 5.04 Å². The van der Waals surface area contributed by atoms with Crippen LogP contribution in [0.1, 0.15) is 54.9 Å². The minimum absolute atomic E-state index is 0.0954. The lowest BCUT2D eigenvalue weighted by Gasteiger charge is -2.50. The third-order valence-corrected chi connectivity index (χ3v) is 11.0. The van der Waals surface area contributed by atoms with Crippen molar-refractivity contribution in [1.82, 2.24) is 5.32 Å². The number of amides is 1. The summed E-state index contributed by atoms with van der Waals surface area (Å²) in [6.45, 7) is 11.8. The van der Waals surface area contributed by atoms with Crippen LogP contribution in [0, 0.1) is 0 Å². The van der Waals surface area contributed by atoms with Gasteiger partial charge in [-0.05, 0) is 48.7 Å². The van der Waals surface area contributed by atoms with Gasteiger partial charge in [-0.3, -0.25) is 10.1 Å². The Labute approximate surface area is 226 Å². The highest BCUT2D eigenvalue weighted by Crippen LogP contribution is 2.40. The van der Waals surface area contributed by atoms with Crippen LogP contribution in [0.3, 0.4) is 0 Å². The van der Waals surface area contributed by atoms with E-state index in [9.17, 15) is 19.8 Å². The number of benzene rings is 2. The second-order valence-electron chi connectivity index (χ2n) is 11.2. The predicted octanol–water partition coefficient (Wildman–Crippen LogP) is 3.60. The fourth-order valence-electron chi connectivity index (χ4n) is 4.27. The van der Waals surface area contributed by atoms with E-state index in [0.29, 0.717) is 0 Å². The first-order valence-corrected chi connectivity index (χ1v) is 14.5. The van der Waals surface area contributed by atoms with E-state index in [1.54, 1.807) is 20.8 Å². The van der Waals surface area contributed by atoms with Crippen molar-refractivity contribution in [2.75, 3.05) is 6.61 Å². The molecule has 0 aliphatic carbocycles. The van der Waals surface area contributed by atoms with Gasteiger partial charge in [0.05, 0.1) is 12.9 Å². The molecule has 8 nitrogen and oxygen atoms in total. The summed E-state index contributed by atoms with van der Waals surface area (Å²) in [6, 6.07) is 19.3. The van der Waals surface area contributed by atoms with Crippen molar-refractivity contribution in [3.8, 4) is 0 Å². The Balaban J connectivity index is 2.74. The zero-order valence-electron chi connectivity index (χ0n) is 23.4. The first kappa shape index (κ1) is 31.2. The Morgan fingerprint density at radius 2 is 1.45 bits per heavy atom. The summed E-state index contributed by atoms with van der Waals surface area (Å²) in [7, 11) is -3.36. The zero-order valence-corrected chi connectivity index (χ0v) is 24.4. The Kier molecular flexibility index (Phi) is 10.4. The summed E-state index contributed by atoms with van der Waals surface area (Å²) in [5, 5.41) is 26.2. The largest absolute Gasteiger partial charge is 0.444 e. The Morgan fingerprint density at radius 1 is 0.947 bits per heavy atom. The van der Waals surface area contributed by atoms with E-state index in [0.717, 1.165) is 16.6 Å². The lowest BCUT2D eigenvalue weighted by Crippen LogP contribution is -2.75. The van der Waals surface area contributed by atoms with Crippen molar-refractivity contribution in [1.29, 1.82) is 0 Å². The maximum atomic E-state index is 13.1. The summed E-state index contributed by atoms with van der Waals surface area (Å²) in [5.41, 5.74) is -2.79. The van der Waals surface area contributed by atoms with Gasteiger partial charge in [0.2, 0.25) is 0 Å². The molecule has 38 heavy (non-hydrogen) atoms. The lowest BCUT2D eigenvalue weighted by molar-refractivity contribution is -0.135. The second kappa shape index (κ2) is 12.7. The van der Waals surface area contributed by atoms with E-state index in [1.807, 2.05) is 81.4 Å². The smallest absolute Gasteiger partial charge is 0.410 e. The SMILES string of the molecule is CC(=O)O/C=C/C[C@H](O)[C@@](CO)(NC(=O)OC(C)(C)C)O[Si](c1ccccc1)(c1ccccc1)C(C)(C)C. The van der Waals surface area contributed by atoms with Gasteiger partial charge in [0.1, 0.15) is 11.7 Å². The van der Waals surface area contributed by atoms with E-state index in [4.69, 9.17) is 13.9 Å². The van der Waals surface area contributed by atoms with Crippen molar-refractivity contribution in [2.45, 2.75) is 77.4 Å². The maximum Gasteiger partial charge on any atom is 0.410 e. The first-order valence-electron chi connectivity index (χ1n) is 12.6. The van der Waals surface area contributed by atoms with Crippen molar-refractivity contribution >= 4 is 30.8 Å². The van der Waals surface area contributed by atoms with Crippen molar-refractivity contribution in [3.05, 3.63) is 73.0 Å². The summed E-state index contributed by atoms with van der Waals surface area (Å²) in [6.07, 6.45) is 0.203. The summed E-state index contributed by atoms with van der Waals surface area (Å²) in [5.74, 6) is -0.514. The van der Waals surface area contributed by atoms with Crippen LogP contribution in [0.4, 0.5) is 4.79 Å². The number of esters is 1. The molecule has 0 fully saturated rings. The molecule has 0 saturated heterocycles. The maximum absolute atomic E-state index is 13.1. The minimum atomic E-state index is -3.36. The normalized spacial score (nSPS) is 15.0. The van der Waals surface area contributed by atoms with E-state index < -0.39 is 49.5 Å². The molecule has 3 N–H and O–H groups in total. The van der Waals surface area contributed by atoms with E-state index in [1.165, 1.54) is 13.0 Å². The van der Waals surface area contributed by atoms with Crippen molar-refractivity contribution < 1.29 is 33.7 Å². The highest BCUT2D eigenvalue weighted by Gasteiger charge is 2.57. The predicted molar refractivity (Wildman–Crippen MR) is 149 cm³/mol. The highest BCUT2D eigenvalue weighted by molar-refractivity contribution is 6.99. The average Bonchev–Trinajstić information content (AvgIpc) is 2.83. The number of nitrogens with one attached hydrogen (secondary N) is 1. The van der Waals surface area contributed by atoms with E-state index >= 15 is 0 Å². The molecule has 0 saturated carbocycles. The topological polar surface area (TPSA) is 114 Å². The summed E-state index contributed by atoms with van der Waals surface area (Å²) in [4.78, 5) is 24.2. The van der Waals surface area contributed by atoms with Crippen LogP contribution in [-0.2, 0) is 18.7 Å². The molecule has 0 bridgehead atoms. The number of aliphatic hydroxyl groups is 2. The Morgan fingerprint density at radius 3 is 1.84 bits per heavy atom. The molecule has 0 spiro atoms. The number of rotatable bonds is 10. The minimum Gasteiger partial charge on any atom is -0.444 e. The molecule has 2 atom stereocenters. The van der Waals surface area contributed by atoms with Crippen LogP contribution in [0.5, 0.6) is 0 Å². The van der Waals surface area contributed by atoms with Gasteiger partial charge in [0, 0.05) is 6.92 Å². The molecular formula is C29H41NO7Si. The molecule has 208 valence electrons. The molecule has 0 aromatic heterocycles. The molecule has 9 heteroatoms. The third-order valence-electron chi connectivity index (χ3n) is 5.93. The van der Waals surface area contributed by atoms with E-state index in [-0.39, 0.29) is 6.42 Å². The molecular weight excluding hydrogens is 502 g/mol. The molecule has 0 aliphatic rings. The Bertz CT molecular complexity index is 1040. The van der Waals surface area contributed by atoms with Gasteiger partial charge in [-0.25, -0.2) is 4.79 Å². The molecule has 2 aromatic carbocycles. The fraction of sp³-hybridized carbons (Fsp3) is 0.448. The molecule has 2 aromatic rings. The number of ether oxygens (including phenoxy) is 2. The quantitative estimate of drug-likeness (QED) is 0.182. The number of aliphatic hydroxyl groups excluding tert-OH is 2. The monoisotopic (exact) mass is 543 g/mol. The number of hydrogen-bond donors (Lipinski definition) is 3. The molecule has 2 rings (SSSR count). The summed E-state index contributed by atoms with van der Waals surface area (Å²) < 4.78 is 17.4. The number of carbonyl (C=O) groups is 2. The van der Waals surface area contributed by atoms with Gasteiger partial charge in [-0.15, -0.1) is 0 Å². The van der Waals surface area contributed by atoms with Gasteiger partial charge in [0.15, 0.2) is 5.72 Å². The van der Waals surface area contributed by atoms with Crippen LogP contribution in [0.15, 0.2) is 73.0 Å². The number of hydrogen-bond acceptors (Lipinski definition) is 7. The standard InChI is InChI=1S/C29H41NO7Si/c1-22(32)35-20-14-19-25(33)29(21-31,30-26(34)36-27(2,3)4)37-38(28(5,6)7,23-15-10-8-11-16-23)24-17-12-9-13-18-24/h8-18,20,25,31,33H,19,21H2,1-7H3,(H,30,34)/b20-14+/t25-,29-/m0/s1. The van der Waals surface area contributed by atoms with Gasteiger partial charge in [-0.1, -0.05) is 81.4 Å². The molecule has 0 heterocycles. The van der Waals surface area contributed by atoms with Gasteiger partial charge in [-0.2, -0.15) is 0 Å². The zero-order chi connectivity index (χ0) is 28.6. The van der Waals surface area contributed by atoms with Crippen LogP contribution in [-0.4, -0.2) is 54.6 Å². The fourth-order valence-corrected chi connectivity index (χ4v) is 9.00. The van der Waals surface area contributed by atoms with Crippen molar-refractivity contribution in [3.63, 3.8) is 0 Å². The van der Waals surface area contributed by atoms with Crippen LogP contribution < -0.4 is 15.7 Å². The van der Waals surface area contributed by atoms with E-state index in [2.05, 4.69) is 5.32 Å². The average molecular weight is 544 g/mol. The van der Waals surface area contributed by atoms with Gasteiger partial charge in [0.25, 0.3) is 8.32 Å². The third kappa shape index (κ3) is 7.77. The van der Waals surface area contributed by atoms with Crippen molar-refractivity contribution in [2.24, 2.45) is 0 Å². The molecule has 0 unspecified atom stereocenters. The highest BCUT2D eigenvalue weighted by atomic mass is 28.4. The molecule has 1 amide bonds. The Hall–Kier alpha value is -2.98. The lowest BCUT2D eigenvalue weighted by atomic mass is 10.0. The van der Waals surface area contributed by atoms with Gasteiger partial charge >= 0.3 is 12.1 Å². The second-order valence-corrected chi connectivity index (χ2v) is 15.4. The van der Waals surface area contributed by atoms with Gasteiger partial charge < -0.3 is 24.1 Å². The van der Waals surface area contributed by atoms with Crippen LogP contribution in [0.25, 0.3) is 0 Å². The van der Waals surface area contributed by atoms with Crippen LogP contribution >= 0.6 is 0 Å². The number of alkyl carbamates (subject to hydrolysis) is 1. The summed E-state index contributed by atoms with van der Waals surface area (Å²) >= 11 is 0. The first-order chi connectivity index (χ1) is 17.7.